The van der Waals surface area contributed by atoms with Gasteiger partial charge in [0, 0.05) is 13.1 Å². The lowest BCUT2D eigenvalue weighted by Gasteiger charge is -2.29. The molecule has 0 bridgehead atoms. The largest absolute Gasteiger partial charge is 0.395 e. The Bertz CT molecular complexity index is 130. The highest BCUT2D eigenvalue weighted by molar-refractivity contribution is 4.71. The number of rotatable bonds is 5. The Morgan fingerprint density at radius 3 is 3.00 bits per heavy atom. The van der Waals surface area contributed by atoms with Crippen molar-refractivity contribution in [2.24, 2.45) is 5.92 Å². The van der Waals surface area contributed by atoms with E-state index in [4.69, 9.17) is 5.11 Å². The van der Waals surface area contributed by atoms with E-state index in [0.29, 0.717) is 0 Å². The third kappa shape index (κ3) is 4.60. The van der Waals surface area contributed by atoms with Gasteiger partial charge < -0.3 is 15.3 Å². The fourth-order valence-corrected chi connectivity index (χ4v) is 2.02. The SMILES string of the molecule is CN1CCCC(CCNCCO)C1. The van der Waals surface area contributed by atoms with E-state index in [1.807, 2.05) is 0 Å². The summed E-state index contributed by atoms with van der Waals surface area (Å²) in [6.07, 6.45) is 3.98. The van der Waals surface area contributed by atoms with Crippen LogP contribution in [0.2, 0.25) is 0 Å². The number of aliphatic hydroxyl groups excluding tert-OH is 1. The Morgan fingerprint density at radius 2 is 2.31 bits per heavy atom. The maximum atomic E-state index is 8.57. The second-order valence-corrected chi connectivity index (χ2v) is 4.03. The van der Waals surface area contributed by atoms with Gasteiger partial charge in [-0.1, -0.05) is 0 Å². The topological polar surface area (TPSA) is 35.5 Å². The van der Waals surface area contributed by atoms with Crippen molar-refractivity contribution >= 4 is 0 Å². The molecule has 1 rings (SSSR count). The fraction of sp³-hybridized carbons (Fsp3) is 1.00. The average Bonchev–Trinajstić information content (AvgIpc) is 2.13. The lowest BCUT2D eigenvalue weighted by atomic mass is 9.95. The molecule has 0 amide bonds. The summed E-state index contributed by atoms with van der Waals surface area (Å²) in [6, 6.07) is 0. The van der Waals surface area contributed by atoms with Gasteiger partial charge in [-0.25, -0.2) is 0 Å². The number of piperidine rings is 1. The van der Waals surface area contributed by atoms with Crippen LogP contribution in [0.25, 0.3) is 0 Å². The maximum Gasteiger partial charge on any atom is 0.0555 e. The molecule has 0 radical (unpaired) electrons. The molecule has 0 saturated carbocycles. The van der Waals surface area contributed by atoms with Crippen molar-refractivity contribution in [3.05, 3.63) is 0 Å². The normalized spacial score (nSPS) is 24.9. The van der Waals surface area contributed by atoms with Gasteiger partial charge in [-0.2, -0.15) is 0 Å². The molecule has 1 atom stereocenters. The molecule has 78 valence electrons. The van der Waals surface area contributed by atoms with Gasteiger partial charge in [0.1, 0.15) is 0 Å². The van der Waals surface area contributed by atoms with Crippen LogP contribution in [0.4, 0.5) is 0 Å². The first kappa shape index (κ1) is 11.0. The number of nitrogens with one attached hydrogen (secondary N) is 1. The van der Waals surface area contributed by atoms with Crippen molar-refractivity contribution in [3.63, 3.8) is 0 Å². The first-order valence-electron chi connectivity index (χ1n) is 5.33. The van der Waals surface area contributed by atoms with Gasteiger partial charge in [0.15, 0.2) is 0 Å². The molecule has 1 saturated heterocycles. The van der Waals surface area contributed by atoms with Crippen molar-refractivity contribution in [1.29, 1.82) is 0 Å². The molecule has 1 unspecified atom stereocenters. The summed E-state index contributed by atoms with van der Waals surface area (Å²) in [4.78, 5) is 2.42. The summed E-state index contributed by atoms with van der Waals surface area (Å²) in [5, 5.41) is 11.8. The van der Waals surface area contributed by atoms with Crippen LogP contribution in [-0.2, 0) is 0 Å². The summed E-state index contributed by atoms with van der Waals surface area (Å²) in [5.74, 6) is 0.866. The van der Waals surface area contributed by atoms with Gasteiger partial charge in [0.05, 0.1) is 6.61 Å². The van der Waals surface area contributed by atoms with Gasteiger partial charge >= 0.3 is 0 Å². The van der Waals surface area contributed by atoms with E-state index in [1.165, 1.54) is 32.4 Å². The summed E-state index contributed by atoms with van der Waals surface area (Å²) >= 11 is 0. The molecule has 3 nitrogen and oxygen atoms in total. The molecule has 0 aromatic carbocycles. The van der Waals surface area contributed by atoms with Crippen LogP contribution in [0.3, 0.4) is 0 Å². The Balaban J connectivity index is 2.00. The molecule has 1 aliphatic rings. The van der Waals surface area contributed by atoms with Gasteiger partial charge in [0.2, 0.25) is 0 Å². The van der Waals surface area contributed by atoms with E-state index in [9.17, 15) is 0 Å². The predicted molar refractivity (Wildman–Crippen MR) is 54.8 cm³/mol. The third-order valence-electron chi connectivity index (χ3n) is 2.74. The third-order valence-corrected chi connectivity index (χ3v) is 2.74. The summed E-state index contributed by atoms with van der Waals surface area (Å²) in [6.45, 7) is 4.56. The van der Waals surface area contributed by atoms with Crippen molar-refractivity contribution in [1.82, 2.24) is 10.2 Å². The number of nitrogens with zero attached hydrogens (tertiary/aromatic N) is 1. The minimum absolute atomic E-state index is 0.255. The van der Waals surface area contributed by atoms with Gasteiger partial charge in [-0.15, -0.1) is 0 Å². The highest BCUT2D eigenvalue weighted by Gasteiger charge is 2.15. The summed E-state index contributed by atoms with van der Waals surface area (Å²) in [7, 11) is 2.20. The fourth-order valence-electron chi connectivity index (χ4n) is 2.02. The van der Waals surface area contributed by atoms with Crippen molar-refractivity contribution in [2.45, 2.75) is 19.3 Å². The zero-order valence-electron chi connectivity index (χ0n) is 8.63. The zero-order chi connectivity index (χ0) is 9.52. The smallest absolute Gasteiger partial charge is 0.0555 e. The van der Waals surface area contributed by atoms with Crippen molar-refractivity contribution < 1.29 is 5.11 Å². The summed E-state index contributed by atoms with van der Waals surface area (Å²) in [5.41, 5.74) is 0. The molecule has 0 spiro atoms. The van der Waals surface area contributed by atoms with Crippen molar-refractivity contribution in [2.75, 3.05) is 39.8 Å². The highest BCUT2D eigenvalue weighted by atomic mass is 16.3. The molecule has 2 N–H and O–H groups in total. The molecule has 1 heterocycles. The maximum absolute atomic E-state index is 8.57. The average molecular weight is 186 g/mol. The van der Waals surface area contributed by atoms with E-state index in [2.05, 4.69) is 17.3 Å². The lowest BCUT2D eigenvalue weighted by Crippen LogP contribution is -2.33. The molecule has 1 fully saturated rings. The molecule has 1 aliphatic heterocycles. The van der Waals surface area contributed by atoms with E-state index in [-0.39, 0.29) is 6.61 Å². The van der Waals surface area contributed by atoms with Gasteiger partial charge in [-0.05, 0) is 45.3 Å². The van der Waals surface area contributed by atoms with Crippen LogP contribution in [0.5, 0.6) is 0 Å². The molecule has 0 aliphatic carbocycles. The van der Waals surface area contributed by atoms with E-state index in [1.54, 1.807) is 0 Å². The molecular weight excluding hydrogens is 164 g/mol. The summed E-state index contributed by atoms with van der Waals surface area (Å²) < 4.78 is 0. The van der Waals surface area contributed by atoms with E-state index in [0.717, 1.165) is 19.0 Å². The van der Waals surface area contributed by atoms with Crippen LogP contribution in [0, 0.1) is 5.92 Å². The lowest BCUT2D eigenvalue weighted by molar-refractivity contribution is 0.200. The van der Waals surface area contributed by atoms with Crippen LogP contribution in [-0.4, -0.2) is 49.8 Å². The number of hydrogen-bond donors (Lipinski definition) is 2. The Hall–Kier alpha value is -0.120. The van der Waals surface area contributed by atoms with Crippen LogP contribution in [0.1, 0.15) is 19.3 Å². The van der Waals surface area contributed by atoms with Gasteiger partial charge in [-0.3, -0.25) is 0 Å². The van der Waals surface area contributed by atoms with Crippen LogP contribution in [0.15, 0.2) is 0 Å². The van der Waals surface area contributed by atoms with E-state index >= 15 is 0 Å². The molecule has 3 heteroatoms. The number of hydrogen-bond acceptors (Lipinski definition) is 3. The Morgan fingerprint density at radius 1 is 1.46 bits per heavy atom. The second kappa shape index (κ2) is 6.35. The van der Waals surface area contributed by atoms with Gasteiger partial charge in [0.25, 0.3) is 0 Å². The van der Waals surface area contributed by atoms with Crippen molar-refractivity contribution in [3.8, 4) is 0 Å². The van der Waals surface area contributed by atoms with Crippen LogP contribution >= 0.6 is 0 Å². The Kier molecular flexibility index (Phi) is 5.35. The molecule has 0 aromatic heterocycles. The Labute approximate surface area is 81.1 Å². The first-order chi connectivity index (χ1) is 6.33. The minimum Gasteiger partial charge on any atom is -0.395 e. The molecule has 0 aromatic rings. The number of aliphatic hydroxyl groups is 1. The standard InChI is InChI=1S/C10H22N2O/c1-12-7-2-3-10(9-12)4-5-11-6-8-13/h10-11,13H,2-9H2,1H3. The number of likely N-dealkylation sites (tertiary alicyclic amines) is 1. The molecule has 13 heavy (non-hydrogen) atoms. The predicted octanol–water partition coefficient (Wildman–Crippen LogP) is 0.300. The monoisotopic (exact) mass is 186 g/mol. The molecular formula is C10H22N2O. The minimum atomic E-state index is 0.255. The first-order valence-corrected chi connectivity index (χ1v) is 5.33. The quantitative estimate of drug-likeness (QED) is 0.606. The van der Waals surface area contributed by atoms with Crippen LogP contribution < -0.4 is 5.32 Å². The zero-order valence-corrected chi connectivity index (χ0v) is 8.63. The van der Waals surface area contributed by atoms with E-state index < -0.39 is 0 Å². The highest BCUT2D eigenvalue weighted by Crippen LogP contribution is 2.17. The second-order valence-electron chi connectivity index (χ2n) is 4.03.